The Morgan fingerprint density at radius 3 is 2.85 bits per heavy atom. The maximum atomic E-state index is 12.6. The van der Waals surface area contributed by atoms with Gasteiger partial charge in [0.25, 0.3) is 5.91 Å². The SMILES string of the molecule is COc1ccccc1NC(=O)C[NH+]1CCC[C@H]1c1ccc2c(c1)OCCO2. The number of nitrogens with one attached hydrogen (secondary N) is 2. The van der Waals surface area contributed by atoms with Crippen molar-refractivity contribution >= 4 is 11.6 Å². The molecule has 4 rings (SSSR count). The van der Waals surface area contributed by atoms with Crippen molar-refractivity contribution in [1.29, 1.82) is 0 Å². The van der Waals surface area contributed by atoms with Crippen molar-refractivity contribution in [3.63, 3.8) is 0 Å². The van der Waals surface area contributed by atoms with Crippen molar-refractivity contribution in [3.05, 3.63) is 48.0 Å². The summed E-state index contributed by atoms with van der Waals surface area (Å²) in [6, 6.07) is 13.9. The number of hydrogen-bond acceptors (Lipinski definition) is 4. The van der Waals surface area contributed by atoms with Crippen molar-refractivity contribution in [2.75, 3.05) is 38.7 Å². The first-order valence-electron chi connectivity index (χ1n) is 9.41. The summed E-state index contributed by atoms with van der Waals surface area (Å²) in [5.41, 5.74) is 1.91. The number of anilines is 1. The fourth-order valence-electron chi connectivity index (χ4n) is 3.95. The van der Waals surface area contributed by atoms with Crippen LogP contribution >= 0.6 is 0 Å². The number of benzene rings is 2. The first-order chi connectivity index (χ1) is 13.2. The molecular formula is C21H25N2O4+. The maximum Gasteiger partial charge on any atom is 0.279 e. The molecule has 0 aliphatic carbocycles. The average molecular weight is 369 g/mol. The number of fused-ring (bicyclic) bond motifs is 1. The highest BCUT2D eigenvalue weighted by atomic mass is 16.6. The van der Waals surface area contributed by atoms with Gasteiger partial charge in [-0.3, -0.25) is 4.79 Å². The number of hydrogen-bond donors (Lipinski definition) is 2. The number of rotatable bonds is 5. The molecule has 2 N–H and O–H groups in total. The van der Waals surface area contributed by atoms with E-state index in [1.165, 1.54) is 10.5 Å². The van der Waals surface area contributed by atoms with Crippen molar-refractivity contribution in [2.24, 2.45) is 0 Å². The van der Waals surface area contributed by atoms with Crippen molar-refractivity contribution in [2.45, 2.75) is 18.9 Å². The Balaban J connectivity index is 1.45. The molecule has 1 fully saturated rings. The van der Waals surface area contributed by atoms with Gasteiger partial charge in [-0.2, -0.15) is 0 Å². The Labute approximate surface area is 159 Å². The van der Waals surface area contributed by atoms with E-state index in [0.29, 0.717) is 37.2 Å². The molecule has 0 spiro atoms. The van der Waals surface area contributed by atoms with Crippen LogP contribution in [0.4, 0.5) is 5.69 Å². The second-order valence-corrected chi connectivity index (χ2v) is 6.93. The molecule has 6 heteroatoms. The Morgan fingerprint density at radius 2 is 2.00 bits per heavy atom. The summed E-state index contributed by atoms with van der Waals surface area (Å²) in [6.07, 6.45) is 2.17. The molecule has 2 aliphatic heterocycles. The van der Waals surface area contributed by atoms with Crippen LogP contribution in [0.15, 0.2) is 42.5 Å². The van der Waals surface area contributed by atoms with E-state index in [-0.39, 0.29) is 5.91 Å². The highest BCUT2D eigenvalue weighted by Gasteiger charge is 2.32. The van der Waals surface area contributed by atoms with Gasteiger partial charge < -0.3 is 24.4 Å². The van der Waals surface area contributed by atoms with Crippen molar-refractivity contribution in [3.8, 4) is 17.2 Å². The van der Waals surface area contributed by atoms with Crippen LogP contribution in [0.5, 0.6) is 17.2 Å². The molecule has 0 radical (unpaired) electrons. The molecule has 2 aromatic carbocycles. The van der Waals surface area contributed by atoms with E-state index >= 15 is 0 Å². The van der Waals surface area contributed by atoms with E-state index in [9.17, 15) is 4.79 Å². The smallest absolute Gasteiger partial charge is 0.279 e. The molecule has 0 bridgehead atoms. The summed E-state index contributed by atoms with van der Waals surface area (Å²) < 4.78 is 16.6. The standard InChI is InChI=1S/C21H24N2O4/c1-25-18-7-3-2-5-16(18)22-21(24)14-23-10-4-6-17(23)15-8-9-19-20(13-15)27-12-11-26-19/h2-3,5,7-9,13,17H,4,6,10-12,14H2,1H3,(H,22,24)/p+1/t17-/m0/s1. The molecule has 1 unspecified atom stereocenters. The Kier molecular flexibility index (Phi) is 5.16. The number of carbonyl (C=O) groups is 1. The third-order valence-corrected chi connectivity index (χ3v) is 5.22. The van der Waals surface area contributed by atoms with E-state index in [1.54, 1.807) is 7.11 Å². The van der Waals surface area contributed by atoms with Crippen LogP contribution in [-0.4, -0.2) is 39.3 Å². The summed E-state index contributed by atoms with van der Waals surface area (Å²) >= 11 is 0. The lowest BCUT2D eigenvalue weighted by molar-refractivity contribution is -0.910. The first kappa shape index (κ1) is 17.7. The second-order valence-electron chi connectivity index (χ2n) is 6.93. The Morgan fingerprint density at radius 1 is 1.19 bits per heavy atom. The first-order valence-corrected chi connectivity index (χ1v) is 9.41. The number of para-hydroxylation sites is 2. The van der Waals surface area contributed by atoms with E-state index < -0.39 is 0 Å². The molecule has 27 heavy (non-hydrogen) atoms. The van der Waals surface area contributed by atoms with Gasteiger partial charge >= 0.3 is 0 Å². The van der Waals surface area contributed by atoms with Gasteiger partial charge in [0.15, 0.2) is 18.0 Å². The molecule has 2 aliphatic rings. The second kappa shape index (κ2) is 7.88. The predicted octanol–water partition coefficient (Wildman–Crippen LogP) is 1.82. The van der Waals surface area contributed by atoms with Crippen LogP contribution in [0.25, 0.3) is 0 Å². The topological polar surface area (TPSA) is 61.2 Å². The van der Waals surface area contributed by atoms with Crippen LogP contribution in [0.2, 0.25) is 0 Å². The van der Waals surface area contributed by atoms with Gasteiger partial charge in [-0.1, -0.05) is 12.1 Å². The zero-order valence-electron chi connectivity index (χ0n) is 15.5. The highest BCUT2D eigenvalue weighted by molar-refractivity contribution is 5.92. The minimum absolute atomic E-state index is 0.000978. The Bertz CT molecular complexity index is 824. The van der Waals surface area contributed by atoms with Crippen LogP contribution in [0.3, 0.4) is 0 Å². The number of methoxy groups -OCH3 is 1. The van der Waals surface area contributed by atoms with Gasteiger partial charge in [0.2, 0.25) is 0 Å². The summed E-state index contributed by atoms with van der Waals surface area (Å²) in [7, 11) is 1.61. The number of carbonyl (C=O) groups excluding carboxylic acids is 1. The van der Waals surface area contributed by atoms with E-state index in [2.05, 4.69) is 17.4 Å². The summed E-state index contributed by atoms with van der Waals surface area (Å²) in [6.45, 7) is 2.59. The maximum absolute atomic E-state index is 12.6. The zero-order valence-corrected chi connectivity index (χ0v) is 15.5. The van der Waals surface area contributed by atoms with Gasteiger partial charge in [0.1, 0.15) is 25.0 Å². The number of ether oxygens (including phenoxy) is 3. The number of amides is 1. The Hall–Kier alpha value is -2.73. The van der Waals surface area contributed by atoms with Crippen LogP contribution < -0.4 is 24.4 Å². The molecule has 142 valence electrons. The largest absolute Gasteiger partial charge is 0.495 e. The molecule has 1 amide bonds. The fourth-order valence-corrected chi connectivity index (χ4v) is 3.95. The van der Waals surface area contributed by atoms with E-state index in [4.69, 9.17) is 14.2 Å². The molecule has 0 saturated carbocycles. The van der Waals surface area contributed by atoms with Crippen molar-refractivity contribution < 1.29 is 23.9 Å². The summed E-state index contributed by atoms with van der Waals surface area (Å²) in [5.74, 6) is 2.28. The van der Waals surface area contributed by atoms with Gasteiger partial charge in [-0.25, -0.2) is 0 Å². The zero-order chi connectivity index (χ0) is 18.6. The van der Waals surface area contributed by atoms with E-state index in [1.807, 2.05) is 30.3 Å². The third-order valence-electron chi connectivity index (χ3n) is 5.22. The van der Waals surface area contributed by atoms with Crippen molar-refractivity contribution in [1.82, 2.24) is 0 Å². The average Bonchev–Trinajstić information content (AvgIpc) is 3.16. The quantitative estimate of drug-likeness (QED) is 0.844. The third kappa shape index (κ3) is 3.85. The molecule has 6 nitrogen and oxygen atoms in total. The van der Waals surface area contributed by atoms with Crippen LogP contribution in [0, 0.1) is 0 Å². The minimum atomic E-state index is -0.000978. The number of likely N-dealkylation sites (tertiary alicyclic amines) is 1. The summed E-state index contributed by atoms with van der Waals surface area (Å²) in [4.78, 5) is 13.9. The number of quaternary nitrogens is 1. The minimum Gasteiger partial charge on any atom is -0.495 e. The lowest BCUT2D eigenvalue weighted by atomic mass is 10.0. The monoisotopic (exact) mass is 369 g/mol. The van der Waals surface area contributed by atoms with Gasteiger partial charge in [-0.05, 0) is 30.3 Å². The highest BCUT2D eigenvalue weighted by Crippen LogP contribution is 2.33. The molecule has 2 heterocycles. The lowest BCUT2D eigenvalue weighted by Crippen LogP contribution is -3.11. The molecule has 1 saturated heterocycles. The van der Waals surface area contributed by atoms with Gasteiger partial charge in [-0.15, -0.1) is 0 Å². The molecular weight excluding hydrogens is 344 g/mol. The predicted molar refractivity (Wildman–Crippen MR) is 102 cm³/mol. The molecule has 2 atom stereocenters. The summed E-state index contributed by atoms with van der Waals surface area (Å²) in [5, 5.41) is 2.98. The van der Waals surface area contributed by atoms with E-state index in [0.717, 1.165) is 30.9 Å². The van der Waals surface area contributed by atoms with Crippen LogP contribution in [0.1, 0.15) is 24.4 Å². The lowest BCUT2D eigenvalue weighted by Gasteiger charge is -2.24. The van der Waals surface area contributed by atoms with Gasteiger partial charge in [0.05, 0.1) is 19.3 Å². The molecule has 2 aromatic rings. The fraction of sp³-hybridized carbons (Fsp3) is 0.381. The van der Waals surface area contributed by atoms with Gasteiger partial charge in [0, 0.05) is 18.4 Å². The normalized spacial score (nSPS) is 20.9. The molecule has 0 aromatic heterocycles. The van der Waals surface area contributed by atoms with Crippen LogP contribution in [-0.2, 0) is 4.79 Å².